The van der Waals surface area contributed by atoms with Crippen molar-refractivity contribution in [3.8, 4) is 11.5 Å². The lowest BCUT2D eigenvalue weighted by Crippen LogP contribution is -1.94. The molecular weight excluding hydrogens is 180 g/mol. The minimum absolute atomic E-state index is 0.0515. The molecule has 0 aliphatic heterocycles. The molecule has 1 atom stereocenters. The van der Waals surface area contributed by atoms with Crippen molar-refractivity contribution in [2.24, 2.45) is 0 Å². The molecule has 2 rings (SSSR count). The summed E-state index contributed by atoms with van der Waals surface area (Å²) in [7, 11) is 0. The predicted octanol–water partition coefficient (Wildman–Crippen LogP) is 1.93. The molecule has 1 aromatic carbocycles. The van der Waals surface area contributed by atoms with E-state index in [0.29, 0.717) is 12.8 Å². The van der Waals surface area contributed by atoms with Crippen LogP contribution in [0.5, 0.6) is 11.5 Å². The second-order valence-electron chi connectivity index (χ2n) is 3.72. The molecule has 74 valence electrons. The largest absolute Gasteiger partial charge is 0.508 e. The lowest BCUT2D eigenvalue weighted by Gasteiger charge is -2.10. The normalized spacial score (nSPS) is 21.4. The summed E-state index contributed by atoms with van der Waals surface area (Å²) in [5.74, 6) is 0.519. The Labute approximate surface area is 82.0 Å². The van der Waals surface area contributed by atoms with Crippen molar-refractivity contribution in [3.05, 3.63) is 23.8 Å². The zero-order chi connectivity index (χ0) is 10.1. The average molecular weight is 192 g/mol. The van der Waals surface area contributed by atoms with Crippen LogP contribution in [0.2, 0.25) is 0 Å². The maximum absolute atomic E-state index is 11.1. The van der Waals surface area contributed by atoms with Gasteiger partial charge >= 0.3 is 0 Å². The minimum atomic E-state index is 0.0515. The summed E-state index contributed by atoms with van der Waals surface area (Å²) in [6.07, 6.45) is 1.92. The Kier molecular flexibility index (Phi) is 2.15. The minimum Gasteiger partial charge on any atom is -0.508 e. The third-order valence-electron chi connectivity index (χ3n) is 2.70. The number of ketones is 1. The fourth-order valence-corrected chi connectivity index (χ4v) is 1.96. The number of carbonyl (C=O) groups excluding carboxylic acids is 1. The molecule has 1 saturated carbocycles. The number of aromatic hydroxyl groups is 2. The number of hydrogen-bond acceptors (Lipinski definition) is 3. The van der Waals surface area contributed by atoms with Gasteiger partial charge in [0, 0.05) is 18.9 Å². The molecule has 0 aromatic heterocycles. The maximum Gasteiger partial charge on any atom is 0.133 e. The zero-order valence-corrected chi connectivity index (χ0v) is 7.73. The first-order chi connectivity index (χ1) is 6.66. The lowest BCUT2D eigenvalue weighted by atomic mass is 9.96. The quantitative estimate of drug-likeness (QED) is 0.714. The Morgan fingerprint density at radius 2 is 2.07 bits per heavy atom. The van der Waals surface area contributed by atoms with Gasteiger partial charge in [-0.2, -0.15) is 0 Å². The highest BCUT2D eigenvalue weighted by Gasteiger charge is 2.25. The fourth-order valence-electron chi connectivity index (χ4n) is 1.96. The van der Waals surface area contributed by atoms with E-state index in [1.165, 1.54) is 12.1 Å². The number of rotatable bonds is 1. The smallest absolute Gasteiger partial charge is 0.133 e. The van der Waals surface area contributed by atoms with Gasteiger partial charge in [0.05, 0.1) is 0 Å². The van der Waals surface area contributed by atoms with Gasteiger partial charge in [-0.3, -0.25) is 4.79 Å². The van der Waals surface area contributed by atoms with E-state index in [1.807, 2.05) is 0 Å². The molecule has 0 spiro atoms. The van der Waals surface area contributed by atoms with E-state index in [9.17, 15) is 9.90 Å². The van der Waals surface area contributed by atoms with Crippen LogP contribution in [0.1, 0.15) is 30.7 Å². The van der Waals surface area contributed by atoms with Gasteiger partial charge in [-0.25, -0.2) is 0 Å². The Bertz CT molecular complexity index is 371. The topological polar surface area (TPSA) is 57.5 Å². The van der Waals surface area contributed by atoms with Gasteiger partial charge in [0.2, 0.25) is 0 Å². The third kappa shape index (κ3) is 1.58. The van der Waals surface area contributed by atoms with Crippen LogP contribution in [-0.4, -0.2) is 16.0 Å². The van der Waals surface area contributed by atoms with Gasteiger partial charge < -0.3 is 10.2 Å². The van der Waals surface area contributed by atoms with Gasteiger partial charge in [0.25, 0.3) is 0 Å². The van der Waals surface area contributed by atoms with Crippen molar-refractivity contribution in [2.45, 2.75) is 25.2 Å². The zero-order valence-electron chi connectivity index (χ0n) is 7.73. The second-order valence-corrected chi connectivity index (χ2v) is 3.72. The molecule has 0 saturated heterocycles. The summed E-state index contributed by atoms with van der Waals surface area (Å²) in [5, 5.41) is 18.7. The number of phenolic OH excluding ortho intramolecular Hbond substituents is 2. The first-order valence-electron chi connectivity index (χ1n) is 4.70. The molecule has 0 heterocycles. The van der Waals surface area contributed by atoms with Crippen molar-refractivity contribution in [2.75, 3.05) is 0 Å². The van der Waals surface area contributed by atoms with Crippen LogP contribution in [0, 0.1) is 0 Å². The number of phenols is 2. The number of carbonyl (C=O) groups is 1. The summed E-state index contributed by atoms with van der Waals surface area (Å²) >= 11 is 0. The van der Waals surface area contributed by atoms with Gasteiger partial charge in [-0.05, 0) is 24.0 Å². The van der Waals surface area contributed by atoms with Crippen LogP contribution in [0.15, 0.2) is 18.2 Å². The molecule has 1 unspecified atom stereocenters. The molecule has 3 heteroatoms. The van der Waals surface area contributed by atoms with E-state index in [0.717, 1.165) is 12.0 Å². The Balaban J connectivity index is 2.28. The first-order valence-corrected chi connectivity index (χ1v) is 4.70. The first kappa shape index (κ1) is 9.06. The van der Waals surface area contributed by atoms with E-state index in [2.05, 4.69) is 0 Å². The van der Waals surface area contributed by atoms with Gasteiger partial charge in [0.1, 0.15) is 17.3 Å². The molecule has 3 nitrogen and oxygen atoms in total. The van der Waals surface area contributed by atoms with Crippen LogP contribution in [-0.2, 0) is 4.79 Å². The van der Waals surface area contributed by atoms with E-state index < -0.39 is 0 Å². The summed E-state index contributed by atoms with van der Waals surface area (Å²) in [6.45, 7) is 0. The molecule has 1 aliphatic carbocycles. The molecule has 0 radical (unpaired) electrons. The number of Topliss-reactive ketones (excluding diaryl/α,β-unsaturated/α-hetero) is 1. The van der Waals surface area contributed by atoms with Crippen molar-refractivity contribution in [1.82, 2.24) is 0 Å². The standard InChI is InChI=1S/C11H12O3/c12-8-2-1-7(5-8)10-4-3-9(13)6-11(10)14/h3-4,6-7,13-14H,1-2,5H2. The van der Waals surface area contributed by atoms with Gasteiger partial charge in [0.15, 0.2) is 0 Å². The lowest BCUT2D eigenvalue weighted by molar-refractivity contribution is -0.117. The summed E-state index contributed by atoms with van der Waals surface area (Å²) in [5.41, 5.74) is 0.772. The van der Waals surface area contributed by atoms with Crippen LogP contribution in [0.4, 0.5) is 0 Å². The summed E-state index contributed by atoms with van der Waals surface area (Å²) in [4.78, 5) is 11.1. The maximum atomic E-state index is 11.1. The molecule has 1 fully saturated rings. The van der Waals surface area contributed by atoms with Crippen molar-refractivity contribution in [1.29, 1.82) is 0 Å². The summed E-state index contributed by atoms with van der Waals surface area (Å²) in [6, 6.07) is 4.55. The van der Waals surface area contributed by atoms with E-state index in [-0.39, 0.29) is 23.2 Å². The van der Waals surface area contributed by atoms with Crippen molar-refractivity contribution < 1.29 is 15.0 Å². The highest BCUT2D eigenvalue weighted by molar-refractivity contribution is 5.81. The second kappa shape index (κ2) is 3.33. The van der Waals surface area contributed by atoms with Crippen LogP contribution in [0.25, 0.3) is 0 Å². The number of hydrogen-bond donors (Lipinski definition) is 2. The molecule has 1 aliphatic rings. The van der Waals surface area contributed by atoms with Crippen molar-refractivity contribution >= 4 is 5.78 Å². The van der Waals surface area contributed by atoms with Crippen LogP contribution >= 0.6 is 0 Å². The molecule has 1 aromatic rings. The predicted molar refractivity (Wildman–Crippen MR) is 51.4 cm³/mol. The monoisotopic (exact) mass is 192 g/mol. The highest BCUT2D eigenvalue weighted by Crippen LogP contribution is 2.37. The van der Waals surface area contributed by atoms with Gasteiger partial charge in [-0.15, -0.1) is 0 Å². The van der Waals surface area contributed by atoms with E-state index in [1.54, 1.807) is 6.07 Å². The fraction of sp³-hybridized carbons (Fsp3) is 0.364. The number of benzene rings is 1. The Morgan fingerprint density at radius 1 is 1.29 bits per heavy atom. The van der Waals surface area contributed by atoms with Crippen molar-refractivity contribution in [3.63, 3.8) is 0 Å². The molecule has 2 N–H and O–H groups in total. The van der Waals surface area contributed by atoms with E-state index in [4.69, 9.17) is 5.11 Å². The van der Waals surface area contributed by atoms with Crippen LogP contribution in [0.3, 0.4) is 0 Å². The van der Waals surface area contributed by atoms with Crippen LogP contribution < -0.4 is 0 Å². The highest BCUT2D eigenvalue weighted by atomic mass is 16.3. The average Bonchev–Trinajstić information content (AvgIpc) is 2.51. The SMILES string of the molecule is O=C1CCC(c2ccc(O)cc2O)C1. The molecular formula is C11H12O3. The third-order valence-corrected chi connectivity index (χ3v) is 2.70. The molecule has 14 heavy (non-hydrogen) atoms. The summed E-state index contributed by atoms with van der Waals surface area (Å²) < 4.78 is 0. The Morgan fingerprint density at radius 3 is 2.64 bits per heavy atom. The molecule has 0 bridgehead atoms. The Hall–Kier alpha value is -1.51. The molecule has 0 amide bonds. The van der Waals surface area contributed by atoms with E-state index >= 15 is 0 Å². The van der Waals surface area contributed by atoms with Gasteiger partial charge in [-0.1, -0.05) is 6.07 Å².